The van der Waals surface area contributed by atoms with Crippen molar-refractivity contribution in [3.05, 3.63) is 11.1 Å². The Morgan fingerprint density at radius 3 is 3.00 bits per heavy atom. The highest BCUT2D eigenvalue weighted by molar-refractivity contribution is 8.02. The Morgan fingerprint density at radius 2 is 2.58 bits per heavy atom. The van der Waals surface area contributed by atoms with Gasteiger partial charge in [0.2, 0.25) is 5.50 Å². The van der Waals surface area contributed by atoms with E-state index in [1.54, 1.807) is 12.3 Å². The summed E-state index contributed by atoms with van der Waals surface area (Å²) in [7, 11) is 0. The number of carbonyl (C=O) groups is 1. The lowest BCUT2D eigenvalue weighted by molar-refractivity contribution is -0.139. The number of hydrogen-bond donors (Lipinski definition) is 1. The van der Waals surface area contributed by atoms with Gasteiger partial charge in [0, 0.05) is 11.1 Å². The summed E-state index contributed by atoms with van der Waals surface area (Å²) in [5.41, 5.74) is -1.14. The molecule has 12 heavy (non-hydrogen) atoms. The molecule has 0 spiro atoms. The number of aliphatic carboxylic acids is 1. The molecular formula is C6H6FNO2S2. The maximum Gasteiger partial charge on any atom is 0.349 e. The number of carboxylic acids is 1. The Hall–Kier alpha value is -0.620. The van der Waals surface area contributed by atoms with E-state index in [0.29, 0.717) is 16.1 Å². The largest absolute Gasteiger partial charge is 0.478 e. The van der Waals surface area contributed by atoms with Gasteiger partial charge < -0.3 is 5.11 Å². The smallest absolute Gasteiger partial charge is 0.349 e. The lowest BCUT2D eigenvalue weighted by Crippen LogP contribution is -2.09. The molecule has 0 aliphatic carbocycles. The number of thiazole rings is 1. The third-order valence-corrected chi connectivity index (χ3v) is 3.03. The Bertz CT molecular complexity index is 289. The van der Waals surface area contributed by atoms with Crippen molar-refractivity contribution in [3.63, 3.8) is 0 Å². The van der Waals surface area contributed by atoms with Crippen LogP contribution in [-0.2, 0) is 4.79 Å². The van der Waals surface area contributed by atoms with Crippen LogP contribution >= 0.6 is 23.1 Å². The number of halogens is 1. The summed E-state index contributed by atoms with van der Waals surface area (Å²) in [5.74, 6) is -1.46. The van der Waals surface area contributed by atoms with Gasteiger partial charge in [-0.2, -0.15) is 0 Å². The normalized spacial score (nSPS) is 12.8. The molecule has 1 atom stereocenters. The Balaban J connectivity index is 2.58. The van der Waals surface area contributed by atoms with Crippen LogP contribution in [-0.4, -0.2) is 21.6 Å². The average molecular weight is 207 g/mol. The summed E-state index contributed by atoms with van der Waals surface area (Å²) in [6.07, 6.45) is 0. The van der Waals surface area contributed by atoms with E-state index in [1.807, 2.05) is 0 Å². The van der Waals surface area contributed by atoms with Crippen LogP contribution in [0.3, 0.4) is 0 Å². The number of aryl methyl sites for hydroxylation is 1. The highest BCUT2D eigenvalue weighted by Crippen LogP contribution is 2.27. The van der Waals surface area contributed by atoms with Crippen LogP contribution in [0.2, 0.25) is 0 Å². The third-order valence-electron chi connectivity index (χ3n) is 0.996. The first-order valence-corrected chi connectivity index (χ1v) is 4.81. The fourth-order valence-electron chi connectivity index (χ4n) is 0.525. The van der Waals surface area contributed by atoms with Gasteiger partial charge in [0.05, 0.1) is 0 Å². The molecule has 0 saturated carbocycles. The van der Waals surface area contributed by atoms with Gasteiger partial charge in [-0.3, -0.25) is 0 Å². The van der Waals surface area contributed by atoms with Gasteiger partial charge in [-0.1, -0.05) is 0 Å². The highest BCUT2D eigenvalue weighted by Gasteiger charge is 2.18. The number of nitrogens with zero attached hydrogens (tertiary/aromatic N) is 1. The molecule has 6 heteroatoms. The van der Waals surface area contributed by atoms with Gasteiger partial charge in [0.15, 0.2) is 4.34 Å². The molecular weight excluding hydrogens is 201 g/mol. The number of hydrogen-bond acceptors (Lipinski definition) is 4. The summed E-state index contributed by atoms with van der Waals surface area (Å²) >= 11 is 1.86. The quantitative estimate of drug-likeness (QED) is 0.769. The molecule has 0 aliphatic heterocycles. The maximum absolute atomic E-state index is 12.6. The molecule has 0 bridgehead atoms. The van der Waals surface area contributed by atoms with Gasteiger partial charge in [0.25, 0.3) is 0 Å². The Labute approximate surface area is 76.6 Å². The number of thioether (sulfide) groups is 1. The van der Waals surface area contributed by atoms with Crippen molar-refractivity contribution in [3.8, 4) is 0 Å². The van der Waals surface area contributed by atoms with Crippen LogP contribution < -0.4 is 0 Å². The Morgan fingerprint density at radius 1 is 1.92 bits per heavy atom. The van der Waals surface area contributed by atoms with Crippen molar-refractivity contribution in [1.29, 1.82) is 0 Å². The average Bonchev–Trinajstić information content (AvgIpc) is 2.35. The summed E-state index contributed by atoms with van der Waals surface area (Å²) in [6.45, 7) is 1.77. The third kappa shape index (κ3) is 2.46. The number of carboxylic acid groups (broad SMARTS) is 1. The molecule has 0 aliphatic rings. The predicted molar refractivity (Wildman–Crippen MR) is 45.2 cm³/mol. The molecule has 0 saturated heterocycles. The lowest BCUT2D eigenvalue weighted by Gasteiger charge is -1.96. The van der Waals surface area contributed by atoms with Crippen molar-refractivity contribution in [2.24, 2.45) is 0 Å². The van der Waals surface area contributed by atoms with E-state index < -0.39 is 11.5 Å². The van der Waals surface area contributed by atoms with Gasteiger partial charge in [-0.05, 0) is 18.7 Å². The molecule has 0 aromatic carbocycles. The second-order valence-electron chi connectivity index (χ2n) is 2.03. The van der Waals surface area contributed by atoms with Crippen LogP contribution in [0, 0.1) is 6.92 Å². The van der Waals surface area contributed by atoms with Gasteiger partial charge in [-0.25, -0.2) is 14.2 Å². The first kappa shape index (κ1) is 9.47. The van der Waals surface area contributed by atoms with E-state index in [1.165, 1.54) is 11.3 Å². The zero-order valence-corrected chi connectivity index (χ0v) is 7.78. The van der Waals surface area contributed by atoms with Crippen LogP contribution in [0.15, 0.2) is 9.72 Å². The van der Waals surface area contributed by atoms with Crippen LogP contribution in [0.1, 0.15) is 5.69 Å². The van der Waals surface area contributed by atoms with E-state index >= 15 is 0 Å². The maximum atomic E-state index is 12.6. The topological polar surface area (TPSA) is 50.2 Å². The summed E-state index contributed by atoms with van der Waals surface area (Å²) in [5, 5.41) is 9.98. The molecule has 0 amide bonds. The molecule has 66 valence electrons. The number of rotatable bonds is 3. The zero-order valence-electron chi connectivity index (χ0n) is 6.15. The zero-order chi connectivity index (χ0) is 9.14. The number of alkyl halides is 1. The molecule has 1 unspecified atom stereocenters. The molecule has 1 rings (SSSR count). The van der Waals surface area contributed by atoms with E-state index in [0.717, 1.165) is 5.69 Å². The van der Waals surface area contributed by atoms with Crippen LogP contribution in [0.25, 0.3) is 0 Å². The summed E-state index contributed by atoms with van der Waals surface area (Å²) in [4.78, 5) is 14.0. The van der Waals surface area contributed by atoms with Gasteiger partial charge in [-0.15, -0.1) is 11.3 Å². The van der Waals surface area contributed by atoms with Crippen LogP contribution in [0.5, 0.6) is 0 Å². The molecule has 1 aromatic heterocycles. The van der Waals surface area contributed by atoms with E-state index in [-0.39, 0.29) is 0 Å². The lowest BCUT2D eigenvalue weighted by atomic mass is 10.6. The summed E-state index contributed by atoms with van der Waals surface area (Å²) in [6, 6.07) is 0. The second-order valence-corrected chi connectivity index (χ2v) is 4.18. The Kier molecular flexibility index (Phi) is 3.05. The van der Waals surface area contributed by atoms with Crippen molar-refractivity contribution >= 4 is 29.1 Å². The first-order chi connectivity index (χ1) is 5.59. The molecule has 0 radical (unpaired) electrons. The molecule has 3 nitrogen and oxygen atoms in total. The predicted octanol–water partition coefficient (Wildman–Crippen LogP) is 1.92. The van der Waals surface area contributed by atoms with E-state index in [2.05, 4.69) is 4.98 Å². The highest BCUT2D eigenvalue weighted by atomic mass is 32.2. The van der Waals surface area contributed by atoms with Gasteiger partial charge in [0.1, 0.15) is 0 Å². The molecule has 1 N–H and O–H groups in total. The first-order valence-electron chi connectivity index (χ1n) is 3.05. The minimum atomic E-state index is -1.92. The fourth-order valence-corrected chi connectivity index (χ4v) is 2.14. The van der Waals surface area contributed by atoms with Gasteiger partial charge >= 0.3 is 5.97 Å². The SMILES string of the molecule is Cc1csc(SC(F)C(=O)O)n1. The van der Waals surface area contributed by atoms with Crippen molar-refractivity contribution in [2.75, 3.05) is 0 Å². The molecule has 1 aromatic rings. The fraction of sp³-hybridized carbons (Fsp3) is 0.333. The van der Waals surface area contributed by atoms with Crippen molar-refractivity contribution in [2.45, 2.75) is 16.8 Å². The minimum absolute atomic E-state index is 0.447. The standard InChI is InChI=1S/C6H6FNO2S2/c1-3-2-11-6(8-3)12-4(7)5(9)10/h2,4H,1H3,(H,9,10). The molecule has 1 heterocycles. The summed E-state index contributed by atoms with van der Waals surface area (Å²) < 4.78 is 13.0. The van der Waals surface area contributed by atoms with Crippen LogP contribution in [0.4, 0.5) is 4.39 Å². The molecule has 0 fully saturated rings. The van der Waals surface area contributed by atoms with Crippen molar-refractivity contribution in [1.82, 2.24) is 4.98 Å². The van der Waals surface area contributed by atoms with E-state index in [9.17, 15) is 9.18 Å². The second kappa shape index (κ2) is 3.86. The van der Waals surface area contributed by atoms with E-state index in [4.69, 9.17) is 5.11 Å². The number of aromatic nitrogens is 1. The minimum Gasteiger partial charge on any atom is -0.478 e. The monoisotopic (exact) mass is 207 g/mol. The van der Waals surface area contributed by atoms with Crippen molar-refractivity contribution < 1.29 is 14.3 Å².